The molecule has 1 aromatic rings. The second-order valence-electron chi connectivity index (χ2n) is 2.90. The van der Waals surface area contributed by atoms with Crippen LogP contribution in [0.4, 0.5) is 4.39 Å². The Kier molecular flexibility index (Phi) is 2.96. The zero-order chi connectivity index (χ0) is 9.84. The van der Waals surface area contributed by atoms with Gasteiger partial charge in [0.15, 0.2) is 5.78 Å². The maximum Gasteiger partial charge on any atom is 0.152 e. The molecule has 0 saturated carbocycles. The zero-order valence-electron chi connectivity index (χ0n) is 7.67. The molecule has 1 aromatic carbocycles. The first kappa shape index (κ1) is 9.65. The molecule has 0 aliphatic rings. The smallest absolute Gasteiger partial charge is 0.152 e. The van der Waals surface area contributed by atoms with Gasteiger partial charge in [0.1, 0.15) is 5.82 Å². The summed E-state index contributed by atoms with van der Waals surface area (Å²) in [6.07, 6.45) is 3.06. The molecular formula is C11H11FO. The number of hydrogen-bond donors (Lipinski definition) is 0. The van der Waals surface area contributed by atoms with Crippen LogP contribution in [0.25, 0.3) is 6.08 Å². The van der Waals surface area contributed by atoms with Crippen LogP contribution < -0.4 is 0 Å². The number of ketones is 1. The summed E-state index contributed by atoms with van der Waals surface area (Å²) in [6.45, 7) is 3.15. The number of hydrogen-bond acceptors (Lipinski definition) is 1. The molecule has 0 amide bonds. The van der Waals surface area contributed by atoms with Gasteiger partial charge < -0.3 is 0 Å². The van der Waals surface area contributed by atoms with Crippen molar-refractivity contribution in [3.8, 4) is 0 Å². The molecule has 0 N–H and O–H groups in total. The number of allylic oxidation sites excluding steroid dienone is 1. The van der Waals surface area contributed by atoms with Crippen molar-refractivity contribution in [3.05, 3.63) is 41.2 Å². The second kappa shape index (κ2) is 3.99. The standard InChI is InChI=1S/C11H11FO/c1-8(13)6-7-10-4-3-5-11(12)9(10)2/h3-7H,1-2H3/b7-6+. The van der Waals surface area contributed by atoms with Gasteiger partial charge in [0.2, 0.25) is 0 Å². The van der Waals surface area contributed by atoms with E-state index in [2.05, 4.69) is 0 Å². The lowest BCUT2D eigenvalue weighted by Crippen LogP contribution is -1.87. The van der Waals surface area contributed by atoms with Crippen LogP contribution in [0.1, 0.15) is 18.1 Å². The van der Waals surface area contributed by atoms with Crippen LogP contribution >= 0.6 is 0 Å². The van der Waals surface area contributed by atoms with Crippen molar-refractivity contribution < 1.29 is 9.18 Å². The molecule has 1 nitrogen and oxygen atoms in total. The third-order valence-corrected chi connectivity index (χ3v) is 1.81. The minimum atomic E-state index is -0.245. The summed E-state index contributed by atoms with van der Waals surface area (Å²) in [5.41, 5.74) is 1.32. The number of carbonyl (C=O) groups excluding carboxylic acids is 1. The fraction of sp³-hybridized carbons (Fsp3) is 0.182. The maximum absolute atomic E-state index is 13.0. The minimum absolute atomic E-state index is 0.0383. The lowest BCUT2D eigenvalue weighted by Gasteiger charge is -1.99. The molecule has 0 saturated heterocycles. The molecule has 0 aromatic heterocycles. The molecule has 0 aliphatic heterocycles. The molecule has 0 bridgehead atoms. The number of carbonyl (C=O) groups is 1. The Bertz CT molecular complexity index is 353. The molecule has 0 atom stereocenters. The fourth-order valence-electron chi connectivity index (χ4n) is 1.01. The van der Waals surface area contributed by atoms with Gasteiger partial charge >= 0.3 is 0 Å². The van der Waals surface area contributed by atoms with E-state index in [4.69, 9.17) is 0 Å². The minimum Gasteiger partial charge on any atom is -0.295 e. The number of benzene rings is 1. The molecule has 1 rings (SSSR count). The van der Waals surface area contributed by atoms with Gasteiger partial charge in [-0.1, -0.05) is 18.2 Å². The summed E-state index contributed by atoms with van der Waals surface area (Å²) in [5, 5.41) is 0. The molecule has 0 heterocycles. The Hall–Kier alpha value is -1.44. The highest BCUT2D eigenvalue weighted by molar-refractivity contribution is 5.91. The normalized spacial score (nSPS) is 10.7. The third kappa shape index (κ3) is 2.51. The quantitative estimate of drug-likeness (QED) is 0.636. The van der Waals surface area contributed by atoms with Gasteiger partial charge in [-0.15, -0.1) is 0 Å². The SMILES string of the molecule is CC(=O)/C=C/c1cccc(F)c1C. The van der Waals surface area contributed by atoms with Gasteiger partial charge in [-0.3, -0.25) is 4.79 Å². The van der Waals surface area contributed by atoms with Crippen LogP contribution in [-0.4, -0.2) is 5.78 Å². The highest BCUT2D eigenvalue weighted by Gasteiger charge is 1.99. The first-order chi connectivity index (χ1) is 6.11. The van der Waals surface area contributed by atoms with E-state index in [0.717, 1.165) is 5.56 Å². The van der Waals surface area contributed by atoms with E-state index < -0.39 is 0 Å². The predicted molar refractivity (Wildman–Crippen MR) is 50.9 cm³/mol. The van der Waals surface area contributed by atoms with E-state index in [1.165, 1.54) is 19.1 Å². The maximum atomic E-state index is 13.0. The third-order valence-electron chi connectivity index (χ3n) is 1.81. The first-order valence-electron chi connectivity index (χ1n) is 4.05. The van der Waals surface area contributed by atoms with Crippen molar-refractivity contribution in [1.29, 1.82) is 0 Å². The second-order valence-corrected chi connectivity index (χ2v) is 2.90. The number of rotatable bonds is 2. The summed E-state index contributed by atoms with van der Waals surface area (Å²) in [7, 11) is 0. The van der Waals surface area contributed by atoms with E-state index in [-0.39, 0.29) is 11.6 Å². The van der Waals surface area contributed by atoms with Crippen molar-refractivity contribution in [2.45, 2.75) is 13.8 Å². The van der Waals surface area contributed by atoms with E-state index in [9.17, 15) is 9.18 Å². The molecular weight excluding hydrogens is 167 g/mol. The van der Waals surface area contributed by atoms with E-state index in [1.807, 2.05) is 0 Å². The molecule has 0 unspecified atom stereocenters. The Labute approximate surface area is 76.9 Å². The zero-order valence-corrected chi connectivity index (χ0v) is 7.67. The molecule has 0 spiro atoms. The van der Waals surface area contributed by atoms with Crippen molar-refractivity contribution in [1.82, 2.24) is 0 Å². The largest absolute Gasteiger partial charge is 0.295 e. The lowest BCUT2D eigenvalue weighted by atomic mass is 10.1. The van der Waals surface area contributed by atoms with Gasteiger partial charge in [-0.05, 0) is 37.1 Å². The highest BCUT2D eigenvalue weighted by atomic mass is 19.1. The Balaban J connectivity index is 3.02. The Morgan fingerprint density at radius 2 is 2.15 bits per heavy atom. The average molecular weight is 178 g/mol. The summed E-state index contributed by atoms with van der Waals surface area (Å²) in [6, 6.07) is 4.81. The summed E-state index contributed by atoms with van der Waals surface area (Å²) in [5.74, 6) is -0.283. The predicted octanol–water partition coefficient (Wildman–Crippen LogP) is 2.74. The highest BCUT2D eigenvalue weighted by Crippen LogP contribution is 2.13. The monoisotopic (exact) mass is 178 g/mol. The van der Waals surface area contributed by atoms with Gasteiger partial charge in [0, 0.05) is 0 Å². The van der Waals surface area contributed by atoms with Gasteiger partial charge in [0.25, 0.3) is 0 Å². The lowest BCUT2D eigenvalue weighted by molar-refractivity contribution is -0.112. The Morgan fingerprint density at radius 3 is 2.77 bits per heavy atom. The van der Waals surface area contributed by atoms with Gasteiger partial charge in [0.05, 0.1) is 0 Å². The summed E-state index contributed by atoms with van der Waals surface area (Å²) in [4.78, 5) is 10.6. The summed E-state index contributed by atoms with van der Waals surface area (Å²) < 4.78 is 13.0. The van der Waals surface area contributed by atoms with E-state index >= 15 is 0 Å². The molecule has 0 radical (unpaired) electrons. The van der Waals surface area contributed by atoms with Crippen molar-refractivity contribution in [2.75, 3.05) is 0 Å². The molecule has 13 heavy (non-hydrogen) atoms. The summed E-state index contributed by atoms with van der Waals surface area (Å²) >= 11 is 0. The molecule has 0 aliphatic carbocycles. The molecule has 2 heteroatoms. The van der Waals surface area contributed by atoms with Gasteiger partial charge in [-0.25, -0.2) is 4.39 Å². The van der Waals surface area contributed by atoms with Crippen molar-refractivity contribution in [3.63, 3.8) is 0 Å². The van der Waals surface area contributed by atoms with E-state index in [1.54, 1.807) is 25.1 Å². The van der Waals surface area contributed by atoms with Crippen LogP contribution in [0, 0.1) is 12.7 Å². The molecule has 68 valence electrons. The fourth-order valence-corrected chi connectivity index (χ4v) is 1.01. The van der Waals surface area contributed by atoms with Crippen molar-refractivity contribution >= 4 is 11.9 Å². The molecule has 0 fully saturated rings. The first-order valence-corrected chi connectivity index (χ1v) is 4.05. The number of halogens is 1. The van der Waals surface area contributed by atoms with Crippen LogP contribution in [-0.2, 0) is 4.79 Å². The topological polar surface area (TPSA) is 17.1 Å². The van der Waals surface area contributed by atoms with E-state index in [0.29, 0.717) is 5.56 Å². The van der Waals surface area contributed by atoms with Crippen LogP contribution in [0.2, 0.25) is 0 Å². The van der Waals surface area contributed by atoms with Crippen LogP contribution in [0.15, 0.2) is 24.3 Å². The van der Waals surface area contributed by atoms with Crippen molar-refractivity contribution in [2.24, 2.45) is 0 Å². The van der Waals surface area contributed by atoms with Crippen LogP contribution in [0.5, 0.6) is 0 Å². The van der Waals surface area contributed by atoms with Gasteiger partial charge in [-0.2, -0.15) is 0 Å². The average Bonchev–Trinajstić information content (AvgIpc) is 2.07. The van der Waals surface area contributed by atoms with Crippen LogP contribution in [0.3, 0.4) is 0 Å². The Morgan fingerprint density at radius 1 is 1.46 bits per heavy atom.